The fourth-order valence-electron chi connectivity index (χ4n) is 4.42. The highest BCUT2D eigenvalue weighted by Gasteiger charge is 2.15. The summed E-state index contributed by atoms with van der Waals surface area (Å²) >= 11 is 0. The molecule has 0 aliphatic heterocycles. The van der Waals surface area contributed by atoms with Crippen LogP contribution in [0.25, 0.3) is 0 Å². The number of methoxy groups -OCH3 is 3. The van der Waals surface area contributed by atoms with Crippen LogP contribution in [0.3, 0.4) is 0 Å². The molecule has 0 aliphatic carbocycles. The van der Waals surface area contributed by atoms with Crippen molar-refractivity contribution in [1.82, 2.24) is 16.0 Å². The van der Waals surface area contributed by atoms with Gasteiger partial charge in [0, 0.05) is 19.6 Å². The number of ether oxygens (including phenoxy) is 6. The zero-order valence-electron chi connectivity index (χ0n) is 25.8. The smallest absolute Gasteiger partial charge is 0.412 e. The molecular weight excluding hydrogens is 582 g/mol. The Hall–Kier alpha value is -5.13. The van der Waals surface area contributed by atoms with Crippen molar-refractivity contribution in [2.45, 2.75) is 32.1 Å². The predicted molar refractivity (Wildman–Crippen MR) is 168 cm³/mol. The van der Waals surface area contributed by atoms with E-state index in [2.05, 4.69) is 16.0 Å². The minimum Gasteiger partial charge on any atom is -0.493 e. The standard InChI is InChI=1S/C33H41N3O9/c1-40-25-15-4-7-18-28(25)43-31(37)34-21-11-10-13-24(23-36-33(39)45-30-20-9-6-17-27(30)42-3)14-12-22-35-32(38)44-29-19-8-5-16-26(29)41-2/h4-9,15-20,24H,10-14,21-23H2,1-3H3,(H,34,37)(H,35,38)(H,36,39). The lowest BCUT2D eigenvalue weighted by Gasteiger charge is -2.18. The van der Waals surface area contributed by atoms with Gasteiger partial charge in [-0.1, -0.05) is 42.8 Å². The second kappa shape index (κ2) is 19.2. The molecule has 0 aliphatic rings. The van der Waals surface area contributed by atoms with Gasteiger partial charge >= 0.3 is 18.3 Å². The van der Waals surface area contributed by atoms with E-state index in [1.54, 1.807) is 72.8 Å². The molecule has 3 rings (SSSR count). The fourth-order valence-corrected chi connectivity index (χ4v) is 4.42. The maximum atomic E-state index is 12.5. The third-order valence-corrected chi connectivity index (χ3v) is 6.72. The summed E-state index contributed by atoms with van der Waals surface area (Å²) in [6.45, 7) is 1.16. The summed E-state index contributed by atoms with van der Waals surface area (Å²) in [6, 6.07) is 20.7. The van der Waals surface area contributed by atoms with E-state index in [4.69, 9.17) is 28.4 Å². The molecule has 12 heteroatoms. The lowest BCUT2D eigenvalue weighted by atomic mass is 9.96. The summed E-state index contributed by atoms with van der Waals surface area (Å²) < 4.78 is 31.8. The highest BCUT2D eigenvalue weighted by molar-refractivity contribution is 5.72. The molecule has 0 fully saturated rings. The third kappa shape index (κ3) is 12.2. The van der Waals surface area contributed by atoms with Crippen LogP contribution in [0, 0.1) is 5.92 Å². The van der Waals surface area contributed by atoms with Crippen molar-refractivity contribution >= 4 is 18.3 Å². The zero-order chi connectivity index (χ0) is 32.3. The van der Waals surface area contributed by atoms with Crippen LogP contribution in [0.1, 0.15) is 32.1 Å². The Bertz CT molecular complexity index is 1370. The average molecular weight is 624 g/mol. The second-order valence-corrected chi connectivity index (χ2v) is 9.86. The number of carbonyl (C=O) groups is 3. The summed E-state index contributed by atoms with van der Waals surface area (Å²) in [5, 5.41) is 8.33. The quantitative estimate of drug-likeness (QED) is 0.156. The van der Waals surface area contributed by atoms with Crippen molar-refractivity contribution in [1.29, 1.82) is 0 Å². The van der Waals surface area contributed by atoms with Gasteiger partial charge in [0.1, 0.15) is 0 Å². The van der Waals surface area contributed by atoms with E-state index in [-0.39, 0.29) is 5.92 Å². The van der Waals surface area contributed by atoms with E-state index in [0.717, 1.165) is 12.8 Å². The van der Waals surface area contributed by atoms with Crippen LogP contribution in [0.2, 0.25) is 0 Å². The van der Waals surface area contributed by atoms with E-state index in [1.165, 1.54) is 21.3 Å². The number of amides is 3. The lowest BCUT2D eigenvalue weighted by molar-refractivity contribution is 0.194. The van der Waals surface area contributed by atoms with Gasteiger partial charge in [-0.3, -0.25) is 0 Å². The number of carbonyl (C=O) groups excluding carboxylic acids is 3. The van der Waals surface area contributed by atoms with Crippen LogP contribution in [0.15, 0.2) is 72.8 Å². The van der Waals surface area contributed by atoms with Gasteiger partial charge in [-0.2, -0.15) is 0 Å². The molecule has 0 bridgehead atoms. The molecule has 0 aromatic heterocycles. The molecule has 3 aromatic carbocycles. The minimum absolute atomic E-state index is 0.0859. The molecule has 3 aromatic rings. The lowest BCUT2D eigenvalue weighted by Crippen LogP contribution is -2.33. The Kier molecular flexibility index (Phi) is 14.7. The highest BCUT2D eigenvalue weighted by Crippen LogP contribution is 2.27. The Morgan fingerprint density at radius 1 is 0.511 bits per heavy atom. The Morgan fingerprint density at radius 3 is 1.29 bits per heavy atom. The fraction of sp³-hybridized carbons (Fsp3) is 0.364. The minimum atomic E-state index is -0.594. The first-order valence-electron chi connectivity index (χ1n) is 14.7. The highest BCUT2D eigenvalue weighted by atomic mass is 16.6. The normalized spacial score (nSPS) is 11.0. The van der Waals surface area contributed by atoms with Crippen molar-refractivity contribution in [3.8, 4) is 34.5 Å². The molecule has 12 nitrogen and oxygen atoms in total. The summed E-state index contributed by atoms with van der Waals surface area (Å²) in [5.41, 5.74) is 0. The molecule has 0 saturated carbocycles. The summed E-state index contributed by atoms with van der Waals surface area (Å²) in [6.07, 6.45) is 1.88. The third-order valence-electron chi connectivity index (χ3n) is 6.72. The van der Waals surface area contributed by atoms with Gasteiger partial charge in [-0.25, -0.2) is 14.4 Å². The largest absolute Gasteiger partial charge is 0.493 e. The van der Waals surface area contributed by atoms with Gasteiger partial charge in [-0.05, 0) is 68.0 Å². The van der Waals surface area contributed by atoms with Gasteiger partial charge in [0.05, 0.1) is 21.3 Å². The molecule has 0 spiro atoms. The topological polar surface area (TPSA) is 143 Å². The average Bonchev–Trinajstić information content (AvgIpc) is 3.05. The van der Waals surface area contributed by atoms with Crippen molar-refractivity contribution < 1.29 is 42.8 Å². The predicted octanol–water partition coefficient (Wildman–Crippen LogP) is 5.94. The first-order chi connectivity index (χ1) is 21.9. The molecule has 1 atom stereocenters. The van der Waals surface area contributed by atoms with Gasteiger partial charge in [0.2, 0.25) is 0 Å². The van der Waals surface area contributed by atoms with E-state index in [9.17, 15) is 14.4 Å². The van der Waals surface area contributed by atoms with Crippen LogP contribution < -0.4 is 44.4 Å². The zero-order valence-corrected chi connectivity index (χ0v) is 25.8. The van der Waals surface area contributed by atoms with Crippen molar-refractivity contribution in [2.24, 2.45) is 5.92 Å². The van der Waals surface area contributed by atoms with Crippen molar-refractivity contribution in [2.75, 3.05) is 41.0 Å². The second-order valence-electron chi connectivity index (χ2n) is 9.86. The molecular formula is C33H41N3O9. The summed E-state index contributed by atoms with van der Waals surface area (Å²) in [5.74, 6) is 2.45. The van der Waals surface area contributed by atoms with E-state index in [0.29, 0.717) is 73.4 Å². The Labute approximate surface area is 263 Å². The number of hydrogen-bond donors (Lipinski definition) is 3. The molecule has 3 amide bonds. The molecule has 45 heavy (non-hydrogen) atoms. The molecule has 1 unspecified atom stereocenters. The van der Waals surface area contributed by atoms with Crippen LogP contribution in [-0.2, 0) is 0 Å². The molecule has 3 N–H and O–H groups in total. The van der Waals surface area contributed by atoms with Gasteiger partial charge in [0.15, 0.2) is 34.5 Å². The van der Waals surface area contributed by atoms with E-state index in [1.807, 2.05) is 0 Å². The van der Waals surface area contributed by atoms with Gasteiger partial charge in [-0.15, -0.1) is 0 Å². The van der Waals surface area contributed by atoms with E-state index < -0.39 is 18.3 Å². The number of unbranched alkanes of at least 4 members (excludes halogenated alkanes) is 1. The van der Waals surface area contributed by atoms with Gasteiger partial charge < -0.3 is 44.4 Å². The van der Waals surface area contributed by atoms with Crippen molar-refractivity contribution in [3.05, 3.63) is 72.8 Å². The SMILES string of the molecule is COc1ccccc1OC(=O)NCCCCC(CCCNC(=O)Oc1ccccc1OC)CNC(=O)Oc1ccccc1OC. The number of rotatable bonds is 17. The van der Waals surface area contributed by atoms with E-state index >= 15 is 0 Å². The monoisotopic (exact) mass is 623 g/mol. The number of benzene rings is 3. The summed E-state index contributed by atoms with van der Waals surface area (Å²) in [7, 11) is 4.51. The molecule has 0 heterocycles. The Balaban J connectivity index is 1.44. The van der Waals surface area contributed by atoms with Crippen LogP contribution >= 0.6 is 0 Å². The van der Waals surface area contributed by atoms with Crippen LogP contribution in [0.5, 0.6) is 34.5 Å². The number of nitrogens with one attached hydrogen (secondary N) is 3. The molecule has 242 valence electrons. The molecule has 0 radical (unpaired) electrons. The maximum Gasteiger partial charge on any atom is 0.412 e. The van der Waals surface area contributed by atoms with Crippen LogP contribution in [-0.4, -0.2) is 59.2 Å². The van der Waals surface area contributed by atoms with Crippen LogP contribution in [0.4, 0.5) is 14.4 Å². The Morgan fingerprint density at radius 2 is 0.867 bits per heavy atom. The number of hydrogen-bond acceptors (Lipinski definition) is 9. The molecule has 0 saturated heterocycles. The van der Waals surface area contributed by atoms with Gasteiger partial charge in [0.25, 0.3) is 0 Å². The first kappa shape index (κ1) is 34.4. The summed E-state index contributed by atoms with van der Waals surface area (Å²) in [4.78, 5) is 37.0. The number of para-hydroxylation sites is 6. The maximum absolute atomic E-state index is 12.5. The van der Waals surface area contributed by atoms with Crippen molar-refractivity contribution in [3.63, 3.8) is 0 Å². The first-order valence-corrected chi connectivity index (χ1v) is 14.7.